The van der Waals surface area contributed by atoms with E-state index in [2.05, 4.69) is 20.7 Å². The molecule has 0 bridgehead atoms. The highest BCUT2D eigenvalue weighted by atomic mass is 32.1. The first-order chi connectivity index (χ1) is 6.95. The van der Waals surface area contributed by atoms with Crippen LogP contribution in [-0.4, -0.2) is 16.5 Å². The molecule has 0 spiro atoms. The van der Waals surface area contributed by atoms with Crippen molar-refractivity contribution in [2.75, 3.05) is 6.54 Å². The minimum absolute atomic E-state index is 0.856. The van der Waals surface area contributed by atoms with Gasteiger partial charge in [0.25, 0.3) is 0 Å². The first-order valence-corrected chi connectivity index (χ1v) is 6.23. The van der Waals surface area contributed by atoms with Crippen molar-refractivity contribution >= 4 is 22.7 Å². The van der Waals surface area contributed by atoms with E-state index in [0.717, 1.165) is 25.2 Å². The van der Waals surface area contributed by atoms with Crippen LogP contribution in [0.4, 0.5) is 0 Å². The van der Waals surface area contributed by atoms with Crippen LogP contribution in [0.15, 0.2) is 22.5 Å². The maximum atomic E-state index is 4.22. The summed E-state index contributed by atoms with van der Waals surface area (Å²) in [6.45, 7) is 1.82. The van der Waals surface area contributed by atoms with E-state index in [9.17, 15) is 0 Å². The highest BCUT2D eigenvalue weighted by Gasteiger charge is 1.96. The molecule has 0 aliphatic carbocycles. The number of hydrogen-bond donors (Lipinski definition) is 1. The molecular weight excluding hydrogens is 214 g/mol. The molecule has 0 aliphatic heterocycles. The second-order valence-corrected chi connectivity index (χ2v) is 4.53. The minimum Gasteiger partial charge on any atom is -0.311 e. The maximum absolute atomic E-state index is 4.22. The summed E-state index contributed by atoms with van der Waals surface area (Å²) < 4.78 is 0. The van der Waals surface area contributed by atoms with Crippen molar-refractivity contribution in [2.24, 2.45) is 0 Å². The van der Waals surface area contributed by atoms with E-state index >= 15 is 0 Å². The molecule has 0 saturated carbocycles. The Morgan fingerprint density at radius 3 is 3.07 bits per heavy atom. The second-order valence-electron chi connectivity index (χ2n) is 2.83. The van der Waals surface area contributed by atoms with Gasteiger partial charge in [-0.3, -0.25) is 0 Å². The lowest BCUT2D eigenvalue weighted by molar-refractivity contribution is 0.676. The van der Waals surface area contributed by atoms with Crippen LogP contribution in [0, 0.1) is 0 Å². The van der Waals surface area contributed by atoms with Crippen LogP contribution in [0.3, 0.4) is 0 Å². The lowest BCUT2D eigenvalue weighted by Crippen LogP contribution is -2.16. The van der Waals surface area contributed by atoms with E-state index in [-0.39, 0.29) is 0 Å². The molecular formula is C9H11N3S2. The molecule has 1 N–H and O–H groups in total. The maximum Gasteiger partial charge on any atom is 0.0937 e. The van der Waals surface area contributed by atoms with Crippen molar-refractivity contribution in [3.8, 4) is 0 Å². The lowest BCUT2D eigenvalue weighted by Gasteiger charge is -1.99. The number of nitrogens with one attached hydrogen (secondary N) is 1. The van der Waals surface area contributed by atoms with Gasteiger partial charge in [0, 0.05) is 36.5 Å². The third-order valence-electron chi connectivity index (χ3n) is 1.79. The fraction of sp³-hybridized carbons (Fsp3) is 0.333. The van der Waals surface area contributed by atoms with E-state index < -0.39 is 0 Å². The third-order valence-corrected chi connectivity index (χ3v) is 3.26. The monoisotopic (exact) mass is 225 g/mol. The van der Waals surface area contributed by atoms with Gasteiger partial charge >= 0.3 is 0 Å². The zero-order valence-electron chi connectivity index (χ0n) is 7.64. The van der Waals surface area contributed by atoms with Crippen LogP contribution in [0.5, 0.6) is 0 Å². The molecule has 2 heterocycles. The highest BCUT2D eigenvalue weighted by molar-refractivity contribution is 7.09. The Labute approximate surface area is 90.9 Å². The van der Waals surface area contributed by atoms with Gasteiger partial charge in [0.1, 0.15) is 0 Å². The average molecular weight is 225 g/mol. The fourth-order valence-corrected chi connectivity index (χ4v) is 2.29. The van der Waals surface area contributed by atoms with Gasteiger partial charge in [-0.05, 0) is 0 Å². The first-order valence-electron chi connectivity index (χ1n) is 4.41. The zero-order chi connectivity index (χ0) is 9.64. The molecule has 0 radical (unpaired) electrons. The molecule has 5 heteroatoms. The van der Waals surface area contributed by atoms with Crippen molar-refractivity contribution in [3.63, 3.8) is 0 Å². The molecule has 0 saturated heterocycles. The molecule has 3 nitrogen and oxygen atoms in total. The number of nitrogens with zero attached hydrogens (tertiary/aromatic N) is 2. The van der Waals surface area contributed by atoms with Crippen LogP contribution in [-0.2, 0) is 13.0 Å². The van der Waals surface area contributed by atoms with Gasteiger partial charge in [-0.25, -0.2) is 9.97 Å². The summed E-state index contributed by atoms with van der Waals surface area (Å²) in [5.74, 6) is 0. The van der Waals surface area contributed by atoms with E-state index in [1.807, 2.05) is 17.1 Å². The van der Waals surface area contributed by atoms with Crippen molar-refractivity contribution < 1.29 is 0 Å². The number of rotatable bonds is 5. The summed E-state index contributed by atoms with van der Waals surface area (Å²) >= 11 is 3.34. The van der Waals surface area contributed by atoms with Crippen molar-refractivity contribution in [1.82, 2.24) is 15.3 Å². The van der Waals surface area contributed by atoms with Gasteiger partial charge in [0.05, 0.1) is 16.2 Å². The minimum atomic E-state index is 0.856. The van der Waals surface area contributed by atoms with Gasteiger partial charge in [-0.15, -0.1) is 22.7 Å². The van der Waals surface area contributed by atoms with Crippen LogP contribution < -0.4 is 5.32 Å². The standard InChI is InChI=1S/C9H11N3S2/c1(9-11-3-4-14-9)2-10-5-8-6-13-7-12-8/h3-4,6-7,10H,1-2,5H2. The molecule has 0 unspecified atom stereocenters. The zero-order valence-corrected chi connectivity index (χ0v) is 9.27. The fourth-order valence-electron chi connectivity index (χ4n) is 1.11. The molecule has 14 heavy (non-hydrogen) atoms. The largest absolute Gasteiger partial charge is 0.311 e. The van der Waals surface area contributed by atoms with E-state index in [1.54, 1.807) is 22.7 Å². The molecule has 2 aromatic heterocycles. The van der Waals surface area contributed by atoms with E-state index in [0.29, 0.717) is 0 Å². The first kappa shape index (κ1) is 9.76. The predicted molar refractivity (Wildman–Crippen MR) is 59.6 cm³/mol. The van der Waals surface area contributed by atoms with E-state index in [4.69, 9.17) is 0 Å². The van der Waals surface area contributed by atoms with Crippen LogP contribution in [0.2, 0.25) is 0 Å². The SMILES string of the molecule is c1csc(CCNCc2cscn2)n1. The molecule has 2 aromatic rings. The van der Waals surface area contributed by atoms with Gasteiger partial charge in [0.15, 0.2) is 0 Å². The summed E-state index contributed by atoms with van der Waals surface area (Å²) in [7, 11) is 0. The van der Waals surface area contributed by atoms with E-state index in [1.165, 1.54) is 5.01 Å². The number of hydrogen-bond acceptors (Lipinski definition) is 5. The topological polar surface area (TPSA) is 37.8 Å². The van der Waals surface area contributed by atoms with Gasteiger partial charge in [0.2, 0.25) is 0 Å². The number of aromatic nitrogens is 2. The summed E-state index contributed by atoms with van der Waals surface area (Å²) in [5.41, 5.74) is 2.98. The Morgan fingerprint density at radius 2 is 2.36 bits per heavy atom. The van der Waals surface area contributed by atoms with Crippen LogP contribution in [0.25, 0.3) is 0 Å². The average Bonchev–Trinajstić information content (AvgIpc) is 2.86. The quantitative estimate of drug-likeness (QED) is 0.790. The van der Waals surface area contributed by atoms with Crippen molar-refractivity contribution in [3.05, 3.63) is 33.2 Å². The summed E-state index contributed by atoms with van der Waals surface area (Å²) in [6.07, 6.45) is 2.85. The molecule has 0 fully saturated rings. The summed E-state index contributed by atoms with van der Waals surface area (Å²) in [4.78, 5) is 8.41. The van der Waals surface area contributed by atoms with Crippen molar-refractivity contribution in [1.29, 1.82) is 0 Å². The third kappa shape index (κ3) is 2.87. The smallest absolute Gasteiger partial charge is 0.0937 e. The second kappa shape index (κ2) is 5.19. The Hall–Kier alpha value is -0.780. The molecule has 0 amide bonds. The summed E-state index contributed by atoms with van der Waals surface area (Å²) in [5, 5.41) is 8.60. The Bertz CT molecular complexity index is 306. The molecule has 0 atom stereocenters. The van der Waals surface area contributed by atoms with Gasteiger partial charge < -0.3 is 5.32 Å². The Kier molecular flexibility index (Phi) is 3.62. The number of thiazole rings is 2. The van der Waals surface area contributed by atoms with Gasteiger partial charge in [-0.2, -0.15) is 0 Å². The van der Waals surface area contributed by atoms with Crippen LogP contribution >= 0.6 is 22.7 Å². The van der Waals surface area contributed by atoms with Gasteiger partial charge in [-0.1, -0.05) is 0 Å². The van der Waals surface area contributed by atoms with Crippen LogP contribution in [0.1, 0.15) is 10.7 Å². The Balaban J connectivity index is 1.65. The molecule has 74 valence electrons. The normalized spacial score (nSPS) is 10.6. The lowest BCUT2D eigenvalue weighted by atomic mass is 10.4. The van der Waals surface area contributed by atoms with Crippen molar-refractivity contribution in [2.45, 2.75) is 13.0 Å². The summed E-state index contributed by atoms with van der Waals surface area (Å²) in [6, 6.07) is 0. The Morgan fingerprint density at radius 1 is 1.36 bits per heavy atom. The molecule has 0 aliphatic rings. The highest BCUT2D eigenvalue weighted by Crippen LogP contribution is 2.04. The molecule has 0 aromatic carbocycles. The predicted octanol–water partition coefficient (Wildman–Crippen LogP) is 1.93. The molecule has 2 rings (SSSR count).